The van der Waals surface area contributed by atoms with E-state index in [4.69, 9.17) is 4.98 Å². The summed E-state index contributed by atoms with van der Waals surface area (Å²) >= 11 is 0. The molecule has 1 aliphatic heterocycles. The van der Waals surface area contributed by atoms with Crippen LogP contribution in [0.4, 0.5) is 0 Å². The van der Waals surface area contributed by atoms with E-state index in [1.54, 1.807) is 0 Å². The van der Waals surface area contributed by atoms with Gasteiger partial charge in [-0.15, -0.1) is 0 Å². The SMILES string of the molecule is C1=CC2=CC=CC3c4c(c[nH]c4/C=c4\ncc5c6cccc7cccc(c4=5)c76)C(=C1)C23. The third kappa shape index (κ3) is 1.87. The highest BCUT2D eigenvalue weighted by Gasteiger charge is 2.40. The summed E-state index contributed by atoms with van der Waals surface area (Å²) in [4.78, 5) is 8.44. The van der Waals surface area contributed by atoms with E-state index >= 15 is 0 Å². The van der Waals surface area contributed by atoms with Crippen LogP contribution in [0.3, 0.4) is 0 Å². The number of hydrogen-bond donors (Lipinski definition) is 1. The Morgan fingerprint density at radius 2 is 1.87 bits per heavy atom. The Balaban J connectivity index is 1.43. The van der Waals surface area contributed by atoms with E-state index in [1.807, 2.05) is 6.20 Å². The van der Waals surface area contributed by atoms with Crippen molar-refractivity contribution in [3.63, 3.8) is 0 Å². The topological polar surface area (TPSA) is 28.7 Å². The standard InChI is InChI=1S/C29H18N2/c1-5-16-7-3-11-20-26(16)18(9-1)22-14-30-24(28(20)22)13-25-29-21-12-4-8-17-6-2-10-19(27(17)21)23(29)15-31-25/h1-15,20,26,30H/b25-13-. The van der Waals surface area contributed by atoms with Crippen LogP contribution in [0.15, 0.2) is 90.8 Å². The van der Waals surface area contributed by atoms with Crippen molar-refractivity contribution in [2.75, 3.05) is 0 Å². The second-order valence-corrected chi connectivity index (χ2v) is 8.85. The number of nitrogens with zero attached hydrogens (tertiary/aromatic N) is 1. The Bertz CT molecular complexity index is 1790. The van der Waals surface area contributed by atoms with Gasteiger partial charge in [-0.25, -0.2) is 0 Å². The molecule has 144 valence electrons. The average Bonchev–Trinajstić information content (AvgIpc) is 3.55. The molecule has 0 saturated heterocycles. The van der Waals surface area contributed by atoms with Crippen LogP contribution in [0.25, 0.3) is 33.2 Å². The van der Waals surface area contributed by atoms with Gasteiger partial charge in [-0.1, -0.05) is 72.9 Å². The molecule has 1 N–H and O–H groups in total. The number of hydrogen-bond acceptors (Lipinski definition) is 1. The minimum Gasteiger partial charge on any atom is -0.361 e. The van der Waals surface area contributed by atoms with Crippen molar-refractivity contribution < 1.29 is 0 Å². The van der Waals surface area contributed by atoms with Gasteiger partial charge in [0.2, 0.25) is 0 Å². The molecular weight excluding hydrogens is 376 g/mol. The van der Waals surface area contributed by atoms with Gasteiger partial charge in [0.15, 0.2) is 0 Å². The Morgan fingerprint density at radius 1 is 0.968 bits per heavy atom. The van der Waals surface area contributed by atoms with Gasteiger partial charge in [-0.2, -0.15) is 0 Å². The van der Waals surface area contributed by atoms with Crippen LogP contribution in [0.1, 0.15) is 22.7 Å². The quantitative estimate of drug-likeness (QED) is 0.394. The zero-order valence-corrected chi connectivity index (χ0v) is 16.8. The first-order valence-corrected chi connectivity index (χ1v) is 10.9. The van der Waals surface area contributed by atoms with E-state index in [9.17, 15) is 0 Å². The highest BCUT2D eigenvalue weighted by atomic mass is 14.7. The van der Waals surface area contributed by atoms with Crippen LogP contribution in [-0.2, 0) is 0 Å². The molecule has 8 rings (SSSR count). The molecule has 0 spiro atoms. The van der Waals surface area contributed by atoms with Crippen molar-refractivity contribution >= 4 is 33.2 Å². The highest BCUT2D eigenvalue weighted by molar-refractivity contribution is 6.12. The molecule has 0 radical (unpaired) electrons. The Kier molecular flexibility index (Phi) is 2.77. The smallest absolute Gasteiger partial charge is 0.0736 e. The van der Waals surface area contributed by atoms with Gasteiger partial charge in [-0.3, -0.25) is 4.98 Å². The van der Waals surface area contributed by atoms with E-state index in [0.29, 0.717) is 11.8 Å². The lowest BCUT2D eigenvalue weighted by Crippen LogP contribution is -2.13. The molecule has 2 unspecified atom stereocenters. The number of allylic oxidation sites excluding steroid dienone is 8. The average molecular weight is 394 g/mol. The summed E-state index contributed by atoms with van der Waals surface area (Å²) in [5.41, 5.74) is 6.81. The summed E-state index contributed by atoms with van der Waals surface area (Å²) in [7, 11) is 0. The number of aromatic nitrogens is 2. The van der Waals surface area contributed by atoms with Crippen molar-refractivity contribution in [1.29, 1.82) is 0 Å². The van der Waals surface area contributed by atoms with Gasteiger partial charge < -0.3 is 4.98 Å². The molecule has 0 fully saturated rings. The van der Waals surface area contributed by atoms with Crippen LogP contribution in [-0.4, -0.2) is 9.97 Å². The monoisotopic (exact) mass is 394 g/mol. The minimum atomic E-state index is 0.396. The summed E-state index contributed by atoms with van der Waals surface area (Å²) in [6.07, 6.45) is 20.1. The van der Waals surface area contributed by atoms with E-state index in [2.05, 4.69) is 90.1 Å². The van der Waals surface area contributed by atoms with Crippen molar-refractivity contribution in [3.8, 4) is 0 Å². The second kappa shape index (κ2) is 5.41. The molecule has 1 aromatic heterocycles. The fourth-order valence-corrected chi connectivity index (χ4v) is 6.20. The molecule has 0 saturated carbocycles. The van der Waals surface area contributed by atoms with Gasteiger partial charge in [0, 0.05) is 45.9 Å². The predicted molar refractivity (Wildman–Crippen MR) is 126 cm³/mol. The van der Waals surface area contributed by atoms with Crippen molar-refractivity contribution in [2.24, 2.45) is 5.92 Å². The number of nitrogens with one attached hydrogen (secondary N) is 1. The van der Waals surface area contributed by atoms with Crippen LogP contribution in [0.2, 0.25) is 0 Å². The zero-order valence-electron chi connectivity index (χ0n) is 16.8. The molecular formula is C29H18N2. The molecule has 2 aromatic carbocycles. The molecule has 2 heterocycles. The normalized spacial score (nSPS) is 21.9. The lowest BCUT2D eigenvalue weighted by Gasteiger charge is -2.25. The fourth-order valence-electron chi connectivity index (χ4n) is 6.20. The molecule has 31 heavy (non-hydrogen) atoms. The number of rotatable bonds is 1. The van der Waals surface area contributed by atoms with Crippen LogP contribution in [0.5, 0.6) is 0 Å². The lowest BCUT2D eigenvalue weighted by molar-refractivity contribution is 0.718. The molecule has 2 nitrogen and oxygen atoms in total. The zero-order chi connectivity index (χ0) is 20.1. The van der Waals surface area contributed by atoms with Crippen molar-refractivity contribution in [3.05, 3.63) is 123 Å². The second-order valence-electron chi connectivity index (χ2n) is 8.85. The number of aromatic amines is 1. The maximum Gasteiger partial charge on any atom is 0.0736 e. The molecule has 2 heteroatoms. The van der Waals surface area contributed by atoms with Crippen LogP contribution in [0, 0.1) is 16.4 Å². The first-order chi connectivity index (χ1) is 15.4. The van der Waals surface area contributed by atoms with Crippen molar-refractivity contribution in [1.82, 2.24) is 9.97 Å². The number of benzene rings is 2. The minimum absolute atomic E-state index is 0.396. The first-order valence-electron chi connectivity index (χ1n) is 10.9. The number of fused-ring (bicyclic) bond motifs is 5. The van der Waals surface area contributed by atoms with Crippen LogP contribution >= 0.6 is 0 Å². The summed E-state index contributed by atoms with van der Waals surface area (Å²) in [5, 5.41) is 8.85. The van der Waals surface area contributed by atoms with Crippen molar-refractivity contribution in [2.45, 2.75) is 5.92 Å². The van der Waals surface area contributed by atoms with E-state index in [-0.39, 0.29) is 0 Å². The molecule has 2 atom stereocenters. The van der Waals surface area contributed by atoms with Gasteiger partial charge in [-0.05, 0) is 44.3 Å². The largest absolute Gasteiger partial charge is 0.361 e. The maximum absolute atomic E-state index is 4.86. The Labute approximate surface area is 178 Å². The van der Waals surface area contributed by atoms with Gasteiger partial charge >= 0.3 is 0 Å². The summed E-state index contributed by atoms with van der Waals surface area (Å²) < 4.78 is 0. The Hall–Kier alpha value is -3.91. The molecule has 4 aliphatic carbocycles. The summed E-state index contributed by atoms with van der Waals surface area (Å²) in [5.74, 6) is 0.852. The van der Waals surface area contributed by atoms with E-state index in [1.165, 1.54) is 59.9 Å². The fraction of sp³-hybridized carbons (Fsp3) is 0.0690. The van der Waals surface area contributed by atoms with Gasteiger partial charge in [0.05, 0.1) is 5.35 Å². The first kappa shape index (κ1) is 15.9. The maximum atomic E-state index is 4.86. The summed E-state index contributed by atoms with van der Waals surface area (Å²) in [6.45, 7) is 0. The lowest BCUT2D eigenvalue weighted by atomic mass is 9.78. The third-order valence-corrected chi connectivity index (χ3v) is 7.43. The van der Waals surface area contributed by atoms with E-state index in [0.717, 1.165) is 5.35 Å². The molecule has 5 aliphatic rings. The third-order valence-electron chi connectivity index (χ3n) is 7.43. The molecule has 3 aromatic rings. The highest BCUT2D eigenvalue weighted by Crippen LogP contribution is 2.54. The van der Waals surface area contributed by atoms with Gasteiger partial charge in [0.1, 0.15) is 0 Å². The molecule has 0 amide bonds. The van der Waals surface area contributed by atoms with E-state index < -0.39 is 0 Å². The van der Waals surface area contributed by atoms with Gasteiger partial charge in [0.25, 0.3) is 0 Å². The summed E-state index contributed by atoms with van der Waals surface area (Å²) in [6, 6.07) is 13.2. The number of H-pyrrole nitrogens is 1. The molecule has 0 bridgehead atoms. The van der Waals surface area contributed by atoms with Crippen LogP contribution < -0.4 is 5.35 Å². The Morgan fingerprint density at radius 3 is 2.81 bits per heavy atom. The predicted octanol–water partition coefficient (Wildman–Crippen LogP) is 5.59.